The molecule has 0 bridgehead atoms. The van der Waals surface area contributed by atoms with Gasteiger partial charge in [-0.2, -0.15) is 0 Å². The van der Waals surface area contributed by atoms with Gasteiger partial charge in [-0.25, -0.2) is 0 Å². The van der Waals surface area contributed by atoms with E-state index in [2.05, 4.69) is 28.4 Å². The van der Waals surface area contributed by atoms with Gasteiger partial charge in [-0.1, -0.05) is 37.1 Å². The van der Waals surface area contributed by atoms with Gasteiger partial charge in [0, 0.05) is 13.1 Å². The molecule has 2 rings (SSSR count). The molecule has 0 spiro atoms. The van der Waals surface area contributed by atoms with Crippen molar-refractivity contribution in [3.8, 4) is 0 Å². The number of amides is 1. The molecule has 0 radical (unpaired) electrons. The minimum atomic E-state index is -0.456. The number of hydrogen-bond acceptors (Lipinski definition) is 3. The fraction of sp³-hybridized carbons (Fsp3) is 0.588. The van der Waals surface area contributed by atoms with Gasteiger partial charge in [-0.05, 0) is 44.0 Å². The number of nitrogens with two attached hydrogens (primary N) is 1. The highest BCUT2D eigenvalue weighted by Crippen LogP contribution is 2.16. The molecule has 1 amide bonds. The Kier molecular flexibility index (Phi) is 6.21. The van der Waals surface area contributed by atoms with E-state index in [0.717, 1.165) is 6.54 Å². The molecule has 3 N–H and O–H groups in total. The van der Waals surface area contributed by atoms with Crippen LogP contribution >= 0.6 is 0 Å². The number of carbonyl (C=O) groups excluding carboxylic acids is 1. The maximum absolute atomic E-state index is 11.6. The van der Waals surface area contributed by atoms with Crippen LogP contribution in [0.1, 0.15) is 43.7 Å². The Bertz CT molecular complexity index is 451. The molecule has 0 unspecified atom stereocenters. The predicted octanol–water partition coefficient (Wildman–Crippen LogP) is 2.03. The summed E-state index contributed by atoms with van der Waals surface area (Å²) in [5.74, 6) is -0.0976. The molecule has 116 valence electrons. The van der Waals surface area contributed by atoms with E-state index in [0.29, 0.717) is 6.54 Å². The van der Waals surface area contributed by atoms with Crippen molar-refractivity contribution in [3.05, 3.63) is 35.4 Å². The average Bonchev–Trinajstić information content (AvgIpc) is 2.74. The molecular formula is C17H27N3O. The fourth-order valence-electron chi connectivity index (χ4n) is 2.76. The molecule has 1 atom stereocenters. The highest BCUT2D eigenvalue weighted by Gasteiger charge is 2.12. The second-order valence-corrected chi connectivity index (χ2v) is 5.97. The smallest absolute Gasteiger partial charge is 0.236 e. The summed E-state index contributed by atoms with van der Waals surface area (Å²) in [6, 6.07) is 7.90. The lowest BCUT2D eigenvalue weighted by Gasteiger charge is -2.21. The summed E-state index contributed by atoms with van der Waals surface area (Å²) in [5.41, 5.74) is 8.08. The van der Waals surface area contributed by atoms with Crippen molar-refractivity contribution in [1.29, 1.82) is 0 Å². The topological polar surface area (TPSA) is 58.4 Å². The summed E-state index contributed by atoms with van der Waals surface area (Å²) >= 11 is 0. The number of nitrogens with zero attached hydrogens (tertiary/aromatic N) is 1. The quantitative estimate of drug-likeness (QED) is 0.872. The zero-order valence-corrected chi connectivity index (χ0v) is 13.0. The Morgan fingerprint density at radius 3 is 2.43 bits per heavy atom. The molecule has 0 saturated carbocycles. The van der Waals surface area contributed by atoms with Gasteiger partial charge in [0.2, 0.25) is 5.91 Å². The SMILES string of the molecule is C[C@@H](N)C(=O)NCc1ccccc1CN1CCCCCC1. The monoisotopic (exact) mass is 289 g/mol. The molecule has 4 nitrogen and oxygen atoms in total. The van der Waals surface area contributed by atoms with E-state index in [-0.39, 0.29) is 5.91 Å². The van der Waals surface area contributed by atoms with Gasteiger partial charge in [0.05, 0.1) is 6.04 Å². The third-order valence-electron chi connectivity index (χ3n) is 4.08. The molecule has 1 saturated heterocycles. The number of carbonyl (C=O) groups is 1. The van der Waals surface area contributed by atoms with Gasteiger partial charge in [-0.3, -0.25) is 9.69 Å². The zero-order valence-electron chi connectivity index (χ0n) is 13.0. The first-order chi connectivity index (χ1) is 10.2. The van der Waals surface area contributed by atoms with E-state index < -0.39 is 6.04 Å². The maximum atomic E-state index is 11.6. The minimum Gasteiger partial charge on any atom is -0.351 e. The van der Waals surface area contributed by atoms with Crippen LogP contribution in [0.2, 0.25) is 0 Å². The summed E-state index contributed by atoms with van der Waals surface area (Å²) in [6.45, 7) is 5.61. The lowest BCUT2D eigenvalue weighted by Crippen LogP contribution is -2.38. The number of rotatable bonds is 5. The van der Waals surface area contributed by atoms with E-state index in [4.69, 9.17) is 5.73 Å². The summed E-state index contributed by atoms with van der Waals surface area (Å²) in [5, 5.41) is 2.91. The van der Waals surface area contributed by atoms with Crippen molar-refractivity contribution in [1.82, 2.24) is 10.2 Å². The van der Waals surface area contributed by atoms with Gasteiger partial charge < -0.3 is 11.1 Å². The third-order valence-corrected chi connectivity index (χ3v) is 4.08. The summed E-state index contributed by atoms with van der Waals surface area (Å²) < 4.78 is 0. The van der Waals surface area contributed by atoms with Crippen LogP contribution in [0.15, 0.2) is 24.3 Å². The largest absolute Gasteiger partial charge is 0.351 e. The first kappa shape index (κ1) is 16.0. The molecule has 1 aliphatic heterocycles. The lowest BCUT2D eigenvalue weighted by molar-refractivity contribution is -0.122. The van der Waals surface area contributed by atoms with Crippen molar-refractivity contribution in [2.24, 2.45) is 5.73 Å². The van der Waals surface area contributed by atoms with Crippen LogP contribution in [0.25, 0.3) is 0 Å². The molecule has 0 aliphatic carbocycles. The maximum Gasteiger partial charge on any atom is 0.236 e. The zero-order chi connectivity index (χ0) is 15.1. The molecule has 1 aromatic rings. The first-order valence-corrected chi connectivity index (χ1v) is 7.99. The predicted molar refractivity (Wildman–Crippen MR) is 85.7 cm³/mol. The van der Waals surface area contributed by atoms with Gasteiger partial charge in [0.1, 0.15) is 0 Å². The first-order valence-electron chi connectivity index (χ1n) is 7.99. The summed E-state index contributed by atoms with van der Waals surface area (Å²) in [6.07, 6.45) is 5.29. The van der Waals surface area contributed by atoms with Crippen LogP contribution in [0.4, 0.5) is 0 Å². The number of nitrogens with one attached hydrogen (secondary N) is 1. The van der Waals surface area contributed by atoms with Crippen LogP contribution in [-0.2, 0) is 17.9 Å². The normalized spacial score (nSPS) is 18.0. The Labute approximate surface area is 127 Å². The number of benzene rings is 1. The van der Waals surface area contributed by atoms with Gasteiger partial charge in [0.25, 0.3) is 0 Å². The van der Waals surface area contributed by atoms with Crippen LogP contribution in [0.3, 0.4) is 0 Å². The van der Waals surface area contributed by atoms with Crippen molar-refractivity contribution < 1.29 is 4.79 Å². The fourth-order valence-corrected chi connectivity index (χ4v) is 2.76. The Balaban J connectivity index is 1.97. The number of hydrogen-bond donors (Lipinski definition) is 2. The van der Waals surface area contributed by atoms with Gasteiger partial charge in [-0.15, -0.1) is 0 Å². The molecule has 0 aromatic heterocycles. The van der Waals surface area contributed by atoms with Crippen LogP contribution in [0.5, 0.6) is 0 Å². The number of likely N-dealkylation sites (tertiary alicyclic amines) is 1. The second-order valence-electron chi connectivity index (χ2n) is 5.97. The average molecular weight is 289 g/mol. The molecule has 1 aromatic carbocycles. The van der Waals surface area contributed by atoms with E-state index in [1.807, 2.05) is 6.07 Å². The van der Waals surface area contributed by atoms with Gasteiger partial charge in [0.15, 0.2) is 0 Å². The molecule has 4 heteroatoms. The molecule has 1 heterocycles. The van der Waals surface area contributed by atoms with Crippen molar-refractivity contribution in [2.75, 3.05) is 13.1 Å². The van der Waals surface area contributed by atoms with E-state index >= 15 is 0 Å². The van der Waals surface area contributed by atoms with Crippen molar-refractivity contribution in [2.45, 2.75) is 51.7 Å². The van der Waals surface area contributed by atoms with Crippen LogP contribution in [0, 0.1) is 0 Å². The molecular weight excluding hydrogens is 262 g/mol. The standard InChI is InChI=1S/C17H27N3O/c1-14(18)17(21)19-12-15-8-4-5-9-16(15)13-20-10-6-2-3-7-11-20/h4-5,8-9,14H,2-3,6-7,10-13,18H2,1H3,(H,19,21)/t14-/m1/s1. The van der Waals surface area contributed by atoms with Gasteiger partial charge >= 0.3 is 0 Å². The van der Waals surface area contributed by atoms with Crippen LogP contribution in [-0.4, -0.2) is 29.9 Å². The van der Waals surface area contributed by atoms with E-state index in [1.54, 1.807) is 6.92 Å². The highest BCUT2D eigenvalue weighted by molar-refractivity contribution is 5.80. The molecule has 1 aliphatic rings. The van der Waals surface area contributed by atoms with E-state index in [1.165, 1.54) is 49.9 Å². The molecule has 21 heavy (non-hydrogen) atoms. The summed E-state index contributed by atoms with van der Waals surface area (Å²) in [7, 11) is 0. The second kappa shape index (κ2) is 8.15. The highest BCUT2D eigenvalue weighted by atomic mass is 16.2. The third kappa shape index (κ3) is 5.14. The van der Waals surface area contributed by atoms with Crippen molar-refractivity contribution >= 4 is 5.91 Å². The Morgan fingerprint density at radius 2 is 1.81 bits per heavy atom. The van der Waals surface area contributed by atoms with Crippen molar-refractivity contribution in [3.63, 3.8) is 0 Å². The van der Waals surface area contributed by atoms with E-state index in [9.17, 15) is 4.79 Å². The molecule has 1 fully saturated rings. The Hall–Kier alpha value is -1.39. The lowest BCUT2D eigenvalue weighted by atomic mass is 10.1. The Morgan fingerprint density at radius 1 is 1.19 bits per heavy atom. The minimum absolute atomic E-state index is 0.0976. The summed E-state index contributed by atoms with van der Waals surface area (Å²) in [4.78, 5) is 14.1. The van der Waals surface area contributed by atoms with Crippen LogP contribution < -0.4 is 11.1 Å².